The highest BCUT2D eigenvalue weighted by molar-refractivity contribution is 5.83. The molecule has 0 spiro atoms. The Hall–Kier alpha value is -1.40. The minimum absolute atomic E-state index is 0.151. The Balaban J connectivity index is 1.26. The van der Waals surface area contributed by atoms with Crippen molar-refractivity contribution in [3.8, 4) is 0 Å². The smallest absolute Gasteiger partial charge is 0.0698 e. The molecule has 0 unspecified atom stereocenters. The zero-order valence-electron chi connectivity index (χ0n) is 18.0. The summed E-state index contributed by atoms with van der Waals surface area (Å²) in [5.74, 6) is 1.40. The molecule has 0 bridgehead atoms. The molecule has 1 N–H and O–H groups in total. The molecular weight excluding hydrogens is 360 g/mol. The maximum absolute atomic E-state index is 10.9. The van der Waals surface area contributed by atoms with E-state index in [-0.39, 0.29) is 6.10 Å². The average Bonchev–Trinajstić information content (AvgIpc) is 3.31. The molecule has 1 aromatic carbocycles. The Kier molecular flexibility index (Phi) is 5.41. The highest BCUT2D eigenvalue weighted by Gasteiger charge is 2.43. The number of aliphatic hydroxyl groups is 1. The van der Waals surface area contributed by atoms with Crippen molar-refractivity contribution in [2.24, 2.45) is 11.8 Å². The largest absolute Gasteiger partial charge is 0.391 e. The Morgan fingerprint density at radius 1 is 1.00 bits per heavy atom. The Labute approximate surface area is 174 Å². The van der Waals surface area contributed by atoms with E-state index in [2.05, 4.69) is 63.7 Å². The number of aryl methyl sites for hydroxylation is 1. The van der Waals surface area contributed by atoms with Gasteiger partial charge in [0.25, 0.3) is 0 Å². The summed E-state index contributed by atoms with van der Waals surface area (Å²) in [5.41, 5.74) is 2.80. The van der Waals surface area contributed by atoms with Gasteiger partial charge < -0.3 is 14.6 Å². The molecule has 2 aliphatic heterocycles. The van der Waals surface area contributed by atoms with Crippen LogP contribution in [0, 0.1) is 11.8 Å². The van der Waals surface area contributed by atoms with Crippen molar-refractivity contribution in [2.45, 2.75) is 45.0 Å². The number of hydrogen-bond acceptors (Lipinski definition) is 4. The zero-order valence-corrected chi connectivity index (χ0v) is 18.0. The molecule has 0 amide bonds. The fraction of sp³-hybridized carbons (Fsp3) is 0.667. The van der Waals surface area contributed by atoms with Crippen LogP contribution in [0.25, 0.3) is 10.9 Å². The minimum Gasteiger partial charge on any atom is -0.391 e. The second-order valence-electron chi connectivity index (χ2n) is 9.61. The molecule has 2 aromatic rings. The van der Waals surface area contributed by atoms with Gasteiger partial charge in [-0.25, -0.2) is 0 Å². The number of benzene rings is 1. The first-order valence-corrected chi connectivity index (χ1v) is 11.5. The van der Waals surface area contributed by atoms with Gasteiger partial charge in [-0.05, 0) is 56.3 Å². The maximum atomic E-state index is 10.9. The lowest BCUT2D eigenvalue weighted by atomic mass is 9.77. The molecule has 3 heterocycles. The van der Waals surface area contributed by atoms with E-state index in [9.17, 15) is 5.11 Å². The van der Waals surface area contributed by atoms with Crippen molar-refractivity contribution in [2.75, 3.05) is 46.3 Å². The minimum atomic E-state index is -0.151. The third kappa shape index (κ3) is 3.74. The van der Waals surface area contributed by atoms with Crippen LogP contribution in [-0.2, 0) is 13.1 Å². The number of nitrogens with zero attached hydrogens (tertiary/aromatic N) is 4. The van der Waals surface area contributed by atoms with E-state index < -0.39 is 0 Å². The standard InChI is InChI=1S/C24H36N4O/c1-3-27-8-7-21-18(5-4-6-22(21)27)15-26-16-19-13-23(24(29)14-20(19)17-26)28-11-9-25(2)10-12-28/h4-8,19-20,23-24,29H,3,9-17H2,1-2H3/t19-,20+,23-,24-/m1/s1. The van der Waals surface area contributed by atoms with Crippen molar-refractivity contribution < 1.29 is 5.11 Å². The summed E-state index contributed by atoms with van der Waals surface area (Å²) in [6.45, 7) is 11.1. The summed E-state index contributed by atoms with van der Waals surface area (Å²) < 4.78 is 2.33. The van der Waals surface area contributed by atoms with E-state index in [0.717, 1.165) is 58.2 Å². The summed E-state index contributed by atoms with van der Waals surface area (Å²) in [6, 6.07) is 9.40. The summed E-state index contributed by atoms with van der Waals surface area (Å²) in [5, 5.41) is 12.3. The van der Waals surface area contributed by atoms with Gasteiger partial charge in [0.1, 0.15) is 0 Å². The summed E-state index contributed by atoms with van der Waals surface area (Å²) in [6.07, 6.45) is 4.22. The molecule has 5 rings (SSSR count). The molecule has 5 heteroatoms. The predicted molar refractivity (Wildman–Crippen MR) is 118 cm³/mol. The van der Waals surface area contributed by atoms with Gasteiger partial charge in [0, 0.05) is 75.5 Å². The van der Waals surface area contributed by atoms with Crippen LogP contribution in [0.1, 0.15) is 25.3 Å². The van der Waals surface area contributed by atoms with E-state index in [1.54, 1.807) is 0 Å². The molecular formula is C24H36N4O. The van der Waals surface area contributed by atoms with Crippen molar-refractivity contribution in [3.63, 3.8) is 0 Å². The van der Waals surface area contributed by atoms with Crippen molar-refractivity contribution in [1.29, 1.82) is 0 Å². The molecule has 0 radical (unpaired) electrons. The van der Waals surface area contributed by atoms with Crippen molar-refractivity contribution in [3.05, 3.63) is 36.0 Å². The van der Waals surface area contributed by atoms with Gasteiger partial charge in [0.05, 0.1) is 6.10 Å². The average molecular weight is 397 g/mol. The third-order valence-electron chi connectivity index (χ3n) is 7.83. The van der Waals surface area contributed by atoms with Gasteiger partial charge in [0.2, 0.25) is 0 Å². The zero-order chi connectivity index (χ0) is 20.0. The first kappa shape index (κ1) is 19.6. The quantitative estimate of drug-likeness (QED) is 0.861. The van der Waals surface area contributed by atoms with E-state index >= 15 is 0 Å². The number of aliphatic hydroxyl groups excluding tert-OH is 1. The molecule has 29 heavy (non-hydrogen) atoms. The van der Waals surface area contributed by atoms with Crippen LogP contribution in [0.3, 0.4) is 0 Å². The van der Waals surface area contributed by atoms with Gasteiger partial charge >= 0.3 is 0 Å². The first-order valence-electron chi connectivity index (χ1n) is 11.5. The number of likely N-dealkylation sites (N-methyl/N-ethyl adjacent to an activating group) is 1. The molecule has 158 valence electrons. The van der Waals surface area contributed by atoms with E-state index in [0.29, 0.717) is 12.0 Å². The Morgan fingerprint density at radius 2 is 1.76 bits per heavy atom. The third-order valence-corrected chi connectivity index (χ3v) is 7.83. The number of hydrogen-bond donors (Lipinski definition) is 1. The van der Waals surface area contributed by atoms with Gasteiger partial charge in [0.15, 0.2) is 0 Å². The van der Waals surface area contributed by atoms with Gasteiger partial charge in [-0.2, -0.15) is 0 Å². The fourth-order valence-electron chi connectivity index (χ4n) is 6.12. The first-order chi connectivity index (χ1) is 14.1. The van der Waals surface area contributed by atoms with Crippen LogP contribution in [-0.4, -0.2) is 82.8 Å². The Morgan fingerprint density at radius 3 is 2.52 bits per heavy atom. The van der Waals surface area contributed by atoms with Crippen LogP contribution >= 0.6 is 0 Å². The molecule has 1 aromatic heterocycles. The monoisotopic (exact) mass is 396 g/mol. The van der Waals surface area contributed by atoms with Gasteiger partial charge in [-0.15, -0.1) is 0 Å². The maximum Gasteiger partial charge on any atom is 0.0698 e. The lowest BCUT2D eigenvalue weighted by molar-refractivity contribution is -0.0249. The van der Waals surface area contributed by atoms with Gasteiger partial charge in [-0.3, -0.25) is 9.80 Å². The number of fused-ring (bicyclic) bond motifs is 2. The van der Waals surface area contributed by atoms with Crippen LogP contribution in [0.5, 0.6) is 0 Å². The van der Waals surface area contributed by atoms with Crippen LogP contribution in [0.4, 0.5) is 0 Å². The van der Waals surface area contributed by atoms with Crippen LogP contribution in [0.2, 0.25) is 0 Å². The fourth-order valence-corrected chi connectivity index (χ4v) is 6.12. The molecule has 1 saturated carbocycles. The highest BCUT2D eigenvalue weighted by atomic mass is 16.3. The van der Waals surface area contributed by atoms with Crippen molar-refractivity contribution in [1.82, 2.24) is 19.3 Å². The molecule has 2 saturated heterocycles. The number of rotatable bonds is 4. The number of piperazine rings is 1. The highest BCUT2D eigenvalue weighted by Crippen LogP contribution is 2.39. The van der Waals surface area contributed by atoms with Crippen LogP contribution in [0.15, 0.2) is 30.5 Å². The lowest BCUT2D eigenvalue weighted by Gasteiger charge is -2.44. The topological polar surface area (TPSA) is 34.9 Å². The molecule has 5 nitrogen and oxygen atoms in total. The molecule has 3 aliphatic rings. The summed E-state index contributed by atoms with van der Waals surface area (Å²) >= 11 is 0. The van der Waals surface area contributed by atoms with Crippen molar-refractivity contribution >= 4 is 10.9 Å². The van der Waals surface area contributed by atoms with E-state index in [1.165, 1.54) is 29.4 Å². The molecule has 3 fully saturated rings. The van der Waals surface area contributed by atoms with Crippen LogP contribution < -0.4 is 0 Å². The second kappa shape index (κ2) is 8.03. The molecule has 1 aliphatic carbocycles. The molecule has 4 atom stereocenters. The normalized spacial score (nSPS) is 32.1. The Bertz CT molecular complexity index is 841. The number of likely N-dealkylation sites (tertiary alicyclic amines) is 1. The van der Waals surface area contributed by atoms with E-state index in [4.69, 9.17) is 0 Å². The predicted octanol–water partition coefficient (Wildman–Crippen LogP) is 2.48. The summed E-state index contributed by atoms with van der Waals surface area (Å²) in [4.78, 5) is 7.61. The lowest BCUT2D eigenvalue weighted by Crippen LogP contribution is -2.55. The van der Waals surface area contributed by atoms with Gasteiger partial charge in [-0.1, -0.05) is 12.1 Å². The summed E-state index contributed by atoms with van der Waals surface area (Å²) in [7, 11) is 2.20. The second-order valence-corrected chi connectivity index (χ2v) is 9.61. The van der Waals surface area contributed by atoms with E-state index in [1.807, 2.05) is 0 Å². The number of aromatic nitrogens is 1. The SMILES string of the molecule is CCn1ccc2c(CN3C[C@H]4C[C@@H](N5CCN(C)CC5)[C@H](O)C[C@H]4C3)cccc21.